The third-order valence-electron chi connectivity index (χ3n) is 9.32. The largest absolute Gasteiger partial charge is 0.493 e. The molecule has 11 heteroatoms. The van der Waals surface area contributed by atoms with E-state index in [2.05, 4.69) is 0 Å². The zero-order valence-corrected chi connectivity index (χ0v) is 22.9. The molecule has 5 rings (SSSR count). The van der Waals surface area contributed by atoms with Gasteiger partial charge in [-0.25, -0.2) is 4.39 Å². The van der Waals surface area contributed by atoms with Crippen LogP contribution in [0.25, 0.3) is 0 Å². The van der Waals surface area contributed by atoms with Gasteiger partial charge in [-0.2, -0.15) is 13.2 Å². The molecule has 2 aliphatic heterocycles. The molecule has 1 aromatic carbocycles. The predicted molar refractivity (Wildman–Crippen MR) is 144 cm³/mol. The molecule has 0 radical (unpaired) electrons. The lowest BCUT2D eigenvalue weighted by molar-refractivity contribution is -0.256. The molecule has 1 saturated carbocycles. The number of likely N-dealkylation sites (tertiary alicyclic amines) is 2. The molecule has 4 aliphatic rings. The van der Waals surface area contributed by atoms with Crippen molar-refractivity contribution in [3.8, 4) is 5.75 Å². The minimum Gasteiger partial charge on any atom is -0.493 e. The van der Waals surface area contributed by atoms with Crippen LogP contribution in [-0.4, -0.2) is 83.5 Å². The Bertz CT molecular complexity index is 1180. The monoisotopic (exact) mass is 579 g/mol. The van der Waals surface area contributed by atoms with E-state index in [9.17, 15) is 27.9 Å². The number of carbonyl (C=O) groups excluding carboxylic acids is 2. The van der Waals surface area contributed by atoms with Crippen molar-refractivity contribution in [2.75, 3.05) is 32.8 Å². The van der Waals surface area contributed by atoms with Gasteiger partial charge < -0.3 is 25.4 Å². The summed E-state index contributed by atoms with van der Waals surface area (Å²) in [6.45, 7) is 1.77. The van der Waals surface area contributed by atoms with Crippen molar-refractivity contribution >= 4 is 11.8 Å². The number of rotatable bonds is 8. The molecule has 0 aromatic heterocycles. The molecule has 2 saturated heterocycles. The summed E-state index contributed by atoms with van der Waals surface area (Å²) in [6.07, 6.45) is 3.28. The molecule has 224 valence electrons. The van der Waals surface area contributed by atoms with E-state index < -0.39 is 47.1 Å². The molecule has 4 atom stereocenters. The maximum Gasteiger partial charge on any atom is 0.395 e. The fraction of sp³-hybridized carbons (Fsp3) is 0.600. The molecule has 2 aliphatic carbocycles. The first-order valence-electron chi connectivity index (χ1n) is 14.3. The molecular formula is C30H37F4N3O4. The Morgan fingerprint density at radius 2 is 1.73 bits per heavy atom. The van der Waals surface area contributed by atoms with E-state index in [4.69, 9.17) is 10.5 Å². The van der Waals surface area contributed by atoms with Gasteiger partial charge in [-0.15, -0.1) is 0 Å². The van der Waals surface area contributed by atoms with Crippen LogP contribution < -0.4 is 10.5 Å². The number of nitrogens with two attached hydrogens (primary N) is 1. The van der Waals surface area contributed by atoms with E-state index in [0.717, 1.165) is 17.7 Å². The van der Waals surface area contributed by atoms with Gasteiger partial charge in [-0.05, 0) is 74.9 Å². The van der Waals surface area contributed by atoms with Crippen LogP contribution in [0, 0.1) is 11.3 Å². The molecule has 3 N–H and O–H groups in total. The SMILES string of the molecule is NC(=O)C1C(O)CCN1C(=O)C1(F)C=CC=CC1c1ccc(OCC2CCN(CC3(C(F)(F)F)CCC3)CC2)cc1. The molecule has 4 unspecified atom stereocenters. The van der Waals surface area contributed by atoms with E-state index in [1.165, 1.54) is 12.2 Å². The first-order chi connectivity index (χ1) is 19.4. The molecule has 0 spiro atoms. The van der Waals surface area contributed by atoms with Crippen molar-refractivity contribution in [3.05, 3.63) is 54.1 Å². The average Bonchev–Trinajstić information content (AvgIpc) is 3.31. The number of hydrogen-bond acceptors (Lipinski definition) is 5. The first-order valence-corrected chi connectivity index (χ1v) is 14.3. The van der Waals surface area contributed by atoms with Gasteiger partial charge >= 0.3 is 6.18 Å². The predicted octanol–water partition coefficient (Wildman–Crippen LogP) is 3.88. The Kier molecular flexibility index (Phi) is 8.22. The van der Waals surface area contributed by atoms with Crippen LogP contribution in [0.2, 0.25) is 0 Å². The van der Waals surface area contributed by atoms with Crippen LogP contribution in [0.15, 0.2) is 48.6 Å². The number of halogens is 4. The summed E-state index contributed by atoms with van der Waals surface area (Å²) in [5, 5.41) is 10.1. The van der Waals surface area contributed by atoms with Crippen molar-refractivity contribution in [2.45, 2.75) is 68.4 Å². The van der Waals surface area contributed by atoms with Crippen molar-refractivity contribution in [2.24, 2.45) is 17.1 Å². The Morgan fingerprint density at radius 3 is 2.32 bits per heavy atom. The lowest BCUT2D eigenvalue weighted by Gasteiger charge is -2.47. The van der Waals surface area contributed by atoms with Crippen LogP contribution >= 0.6 is 0 Å². The summed E-state index contributed by atoms with van der Waals surface area (Å²) >= 11 is 0. The van der Waals surface area contributed by atoms with Crippen LogP contribution in [0.5, 0.6) is 5.75 Å². The third-order valence-corrected chi connectivity index (χ3v) is 9.32. The zero-order valence-electron chi connectivity index (χ0n) is 22.9. The number of carbonyl (C=O) groups is 2. The summed E-state index contributed by atoms with van der Waals surface area (Å²) in [5.74, 6) is -1.96. The maximum absolute atomic E-state index is 16.4. The summed E-state index contributed by atoms with van der Waals surface area (Å²) in [4.78, 5) is 28.2. The second-order valence-corrected chi connectivity index (χ2v) is 11.9. The Labute approximate surface area is 237 Å². The van der Waals surface area contributed by atoms with Crippen molar-refractivity contribution in [1.82, 2.24) is 9.80 Å². The highest BCUT2D eigenvalue weighted by Crippen LogP contribution is 2.53. The van der Waals surface area contributed by atoms with Crippen molar-refractivity contribution in [1.29, 1.82) is 0 Å². The van der Waals surface area contributed by atoms with Gasteiger partial charge in [0.25, 0.3) is 5.91 Å². The number of ether oxygens (including phenoxy) is 1. The molecule has 41 heavy (non-hydrogen) atoms. The summed E-state index contributed by atoms with van der Waals surface area (Å²) in [5.41, 5.74) is 1.91. The molecular weight excluding hydrogens is 542 g/mol. The van der Waals surface area contributed by atoms with Crippen molar-refractivity contribution < 1.29 is 37.0 Å². The van der Waals surface area contributed by atoms with Crippen LogP contribution in [0.1, 0.15) is 50.0 Å². The minimum absolute atomic E-state index is 0.0262. The number of allylic oxidation sites excluding steroid dienone is 3. The molecule has 3 fully saturated rings. The highest BCUT2D eigenvalue weighted by atomic mass is 19.4. The minimum atomic E-state index is -4.15. The summed E-state index contributed by atoms with van der Waals surface area (Å²) < 4.78 is 63.0. The van der Waals surface area contributed by atoms with Crippen LogP contribution in [0.3, 0.4) is 0 Å². The number of nitrogens with zero attached hydrogens (tertiary/aromatic N) is 2. The number of piperidine rings is 1. The number of aliphatic hydroxyl groups is 1. The quantitative estimate of drug-likeness (QED) is 0.456. The van der Waals surface area contributed by atoms with Gasteiger partial charge in [0.15, 0.2) is 0 Å². The molecule has 1 aromatic rings. The number of primary amides is 1. The standard InChI is InChI=1S/C30H37F4N3O4/c31-29(27(40)37-17-11-24(38)25(37)26(35)39)14-2-1-4-23(29)21-5-7-22(8-6-21)41-18-20-9-15-36(16-10-20)19-28(12-3-13-28)30(32,33)34/h1-2,4-8,14,20,23-25,38H,3,9-13,15-19H2,(H2,35,39). The average molecular weight is 580 g/mol. The van der Waals surface area contributed by atoms with Crippen LogP contribution in [-0.2, 0) is 9.59 Å². The lowest BCUT2D eigenvalue weighted by atomic mass is 9.67. The maximum atomic E-state index is 16.4. The van der Waals surface area contributed by atoms with Gasteiger partial charge in [-0.1, -0.05) is 36.8 Å². The topological polar surface area (TPSA) is 96.1 Å². The fourth-order valence-electron chi connectivity index (χ4n) is 6.60. The Hall–Kier alpha value is -2.92. The second kappa shape index (κ2) is 11.4. The van der Waals surface area contributed by atoms with Gasteiger partial charge in [0.1, 0.15) is 11.8 Å². The molecule has 0 bridgehead atoms. The summed E-state index contributed by atoms with van der Waals surface area (Å²) in [6, 6.07) is 5.51. The summed E-state index contributed by atoms with van der Waals surface area (Å²) in [7, 11) is 0. The number of hydrogen-bond donors (Lipinski definition) is 2. The molecule has 7 nitrogen and oxygen atoms in total. The van der Waals surface area contributed by atoms with E-state index >= 15 is 4.39 Å². The highest BCUT2D eigenvalue weighted by Gasteiger charge is 2.58. The van der Waals surface area contributed by atoms with Gasteiger partial charge in [0.2, 0.25) is 11.6 Å². The van der Waals surface area contributed by atoms with Crippen molar-refractivity contribution in [3.63, 3.8) is 0 Å². The second-order valence-electron chi connectivity index (χ2n) is 11.9. The number of amides is 2. The van der Waals surface area contributed by atoms with E-state index in [1.807, 2.05) is 4.90 Å². The van der Waals surface area contributed by atoms with E-state index in [-0.39, 0.29) is 38.3 Å². The van der Waals surface area contributed by atoms with Gasteiger partial charge in [0, 0.05) is 19.0 Å². The molecule has 2 amide bonds. The first kappa shape index (κ1) is 29.6. The Morgan fingerprint density at radius 1 is 1.05 bits per heavy atom. The number of alkyl halides is 4. The van der Waals surface area contributed by atoms with Crippen LogP contribution in [0.4, 0.5) is 17.6 Å². The molecule has 2 heterocycles. The zero-order chi connectivity index (χ0) is 29.4. The normalized spacial score (nSPS) is 30.3. The number of benzene rings is 1. The van der Waals surface area contributed by atoms with Gasteiger partial charge in [-0.3, -0.25) is 9.59 Å². The number of aliphatic hydroxyl groups excluding tert-OH is 1. The Balaban J connectivity index is 1.16. The van der Waals surface area contributed by atoms with Gasteiger partial charge in [0.05, 0.1) is 18.1 Å². The lowest BCUT2D eigenvalue weighted by Crippen LogP contribution is -2.55. The highest BCUT2D eigenvalue weighted by molar-refractivity contribution is 5.94. The fourth-order valence-corrected chi connectivity index (χ4v) is 6.60. The smallest absolute Gasteiger partial charge is 0.395 e. The third kappa shape index (κ3) is 5.75. The van der Waals surface area contributed by atoms with E-state index in [1.54, 1.807) is 36.4 Å². The van der Waals surface area contributed by atoms with E-state index in [0.29, 0.717) is 37.4 Å².